The second-order valence-electron chi connectivity index (χ2n) is 5.18. The lowest BCUT2D eigenvalue weighted by molar-refractivity contribution is 0.101. The first-order valence-corrected chi connectivity index (χ1v) is 7.06. The van der Waals surface area contributed by atoms with Crippen molar-refractivity contribution in [3.8, 4) is 6.07 Å². The van der Waals surface area contributed by atoms with Crippen molar-refractivity contribution in [3.05, 3.63) is 46.8 Å². The molecule has 6 heteroatoms. The normalized spacial score (nSPS) is 10.5. The van der Waals surface area contributed by atoms with Gasteiger partial charge >= 0.3 is 0 Å². The molecule has 0 unspecified atom stereocenters. The van der Waals surface area contributed by atoms with Crippen LogP contribution in [0.4, 0.5) is 11.7 Å². The average Bonchev–Trinajstić information content (AvgIpc) is 2.83. The Balaban J connectivity index is 2.10. The van der Waals surface area contributed by atoms with Gasteiger partial charge in [-0.1, -0.05) is 12.1 Å². The number of Topliss-reactive ketones (excluding diaryl/α,β-unsaturated/α-hetero) is 1. The molecular formula is C17H14N4O2. The maximum Gasteiger partial charge on any atom is 0.217 e. The predicted octanol–water partition coefficient (Wildman–Crippen LogP) is 3.66. The van der Waals surface area contributed by atoms with E-state index in [2.05, 4.69) is 15.3 Å². The number of carbonyl (C=O) groups is 1. The molecule has 1 aromatic carbocycles. The number of carbonyl (C=O) groups excluding carboxylic acids is 1. The summed E-state index contributed by atoms with van der Waals surface area (Å²) >= 11 is 0. The molecule has 114 valence electrons. The molecular weight excluding hydrogens is 292 g/mol. The van der Waals surface area contributed by atoms with Crippen LogP contribution < -0.4 is 5.32 Å². The van der Waals surface area contributed by atoms with Gasteiger partial charge in [0.05, 0.1) is 22.3 Å². The molecule has 2 heterocycles. The van der Waals surface area contributed by atoms with Gasteiger partial charge in [-0.15, -0.1) is 0 Å². The molecule has 2 aromatic heterocycles. The van der Waals surface area contributed by atoms with Crippen molar-refractivity contribution < 1.29 is 9.21 Å². The zero-order valence-electron chi connectivity index (χ0n) is 13.0. The molecule has 6 nitrogen and oxygen atoms in total. The number of aromatic nitrogens is 2. The zero-order chi connectivity index (χ0) is 16.6. The van der Waals surface area contributed by atoms with Crippen LogP contribution in [0.15, 0.2) is 28.7 Å². The smallest absolute Gasteiger partial charge is 0.217 e. The maximum absolute atomic E-state index is 11.7. The summed E-state index contributed by atoms with van der Waals surface area (Å²) in [5.74, 6) is 0.895. The minimum Gasteiger partial charge on any atom is -0.443 e. The van der Waals surface area contributed by atoms with Crippen molar-refractivity contribution in [3.63, 3.8) is 0 Å². The highest BCUT2D eigenvalue weighted by Crippen LogP contribution is 2.30. The molecule has 0 bridgehead atoms. The van der Waals surface area contributed by atoms with Crippen molar-refractivity contribution in [1.82, 2.24) is 9.97 Å². The minimum absolute atomic E-state index is 0.185. The SMILES string of the molecule is CC(=O)c1c(C)oc(Nc2nc3ccccc3nc2C)c1C#N. The first-order chi connectivity index (χ1) is 11.0. The van der Waals surface area contributed by atoms with Crippen LogP contribution in [-0.2, 0) is 0 Å². The number of fused-ring (bicyclic) bond motifs is 1. The highest BCUT2D eigenvalue weighted by Gasteiger charge is 2.22. The van der Waals surface area contributed by atoms with Gasteiger partial charge < -0.3 is 9.73 Å². The van der Waals surface area contributed by atoms with E-state index < -0.39 is 0 Å². The van der Waals surface area contributed by atoms with Gasteiger partial charge in [-0.2, -0.15) is 5.26 Å². The second kappa shape index (κ2) is 5.54. The summed E-state index contributed by atoms with van der Waals surface area (Å²) in [6.07, 6.45) is 0. The Morgan fingerprint density at radius 2 is 1.87 bits per heavy atom. The van der Waals surface area contributed by atoms with Crippen molar-refractivity contribution in [2.24, 2.45) is 0 Å². The lowest BCUT2D eigenvalue weighted by atomic mass is 10.1. The van der Waals surface area contributed by atoms with Gasteiger partial charge in [-0.05, 0) is 32.9 Å². The number of hydrogen-bond donors (Lipinski definition) is 1. The van der Waals surface area contributed by atoms with Gasteiger partial charge in [0.2, 0.25) is 5.88 Å². The Kier molecular flexibility index (Phi) is 3.54. The summed E-state index contributed by atoms with van der Waals surface area (Å²) in [5.41, 5.74) is 2.67. The van der Waals surface area contributed by atoms with E-state index in [4.69, 9.17) is 4.42 Å². The molecule has 0 amide bonds. The highest BCUT2D eigenvalue weighted by molar-refractivity contribution is 5.99. The third kappa shape index (κ3) is 2.53. The van der Waals surface area contributed by atoms with Crippen molar-refractivity contribution >= 4 is 28.5 Å². The molecule has 0 saturated carbocycles. The number of hydrogen-bond acceptors (Lipinski definition) is 6. The topological polar surface area (TPSA) is 91.8 Å². The lowest BCUT2D eigenvalue weighted by Crippen LogP contribution is -2.01. The maximum atomic E-state index is 11.7. The molecule has 0 aliphatic carbocycles. The Hall–Kier alpha value is -3.20. The molecule has 0 aliphatic heterocycles. The third-order valence-corrected chi connectivity index (χ3v) is 3.52. The first kappa shape index (κ1) is 14.7. The van der Waals surface area contributed by atoms with Crippen molar-refractivity contribution in [2.75, 3.05) is 5.32 Å². The van der Waals surface area contributed by atoms with E-state index in [1.807, 2.05) is 37.3 Å². The van der Waals surface area contributed by atoms with Crippen LogP contribution in [0.5, 0.6) is 0 Å². The van der Waals surface area contributed by atoms with E-state index in [0.29, 0.717) is 22.8 Å². The van der Waals surface area contributed by atoms with Crippen LogP contribution in [-0.4, -0.2) is 15.8 Å². The zero-order valence-corrected chi connectivity index (χ0v) is 13.0. The molecule has 23 heavy (non-hydrogen) atoms. The molecule has 0 spiro atoms. The van der Waals surface area contributed by atoms with Gasteiger partial charge in [0.1, 0.15) is 17.4 Å². The van der Waals surface area contributed by atoms with Crippen LogP contribution in [0.2, 0.25) is 0 Å². The number of anilines is 2. The van der Waals surface area contributed by atoms with Gasteiger partial charge in [0.15, 0.2) is 11.6 Å². The first-order valence-electron chi connectivity index (χ1n) is 7.06. The summed E-state index contributed by atoms with van der Waals surface area (Å²) in [4.78, 5) is 20.7. The van der Waals surface area contributed by atoms with Crippen molar-refractivity contribution in [2.45, 2.75) is 20.8 Å². The number of nitriles is 1. The number of aryl methyl sites for hydroxylation is 2. The summed E-state index contributed by atoms with van der Waals surface area (Å²) in [7, 11) is 0. The third-order valence-electron chi connectivity index (χ3n) is 3.52. The van der Waals surface area contributed by atoms with Gasteiger partial charge in [-0.3, -0.25) is 4.79 Å². The Morgan fingerprint density at radius 1 is 1.22 bits per heavy atom. The van der Waals surface area contributed by atoms with Crippen molar-refractivity contribution in [1.29, 1.82) is 5.26 Å². The number of para-hydroxylation sites is 2. The summed E-state index contributed by atoms with van der Waals surface area (Å²) in [5, 5.41) is 12.3. The second-order valence-corrected chi connectivity index (χ2v) is 5.18. The predicted molar refractivity (Wildman–Crippen MR) is 85.7 cm³/mol. The van der Waals surface area contributed by atoms with E-state index in [0.717, 1.165) is 11.0 Å². The lowest BCUT2D eigenvalue weighted by Gasteiger charge is -2.07. The molecule has 3 rings (SSSR count). The van der Waals surface area contributed by atoms with Crippen LogP contribution >= 0.6 is 0 Å². The fraction of sp³-hybridized carbons (Fsp3) is 0.176. The molecule has 1 N–H and O–H groups in total. The van der Waals surface area contributed by atoms with Crippen LogP contribution in [0.1, 0.15) is 34.3 Å². The fourth-order valence-electron chi connectivity index (χ4n) is 2.48. The van der Waals surface area contributed by atoms with Gasteiger partial charge in [0.25, 0.3) is 0 Å². The molecule has 0 aliphatic rings. The summed E-state index contributed by atoms with van der Waals surface area (Å²) in [6, 6.07) is 9.52. The van der Waals surface area contributed by atoms with E-state index >= 15 is 0 Å². The largest absolute Gasteiger partial charge is 0.443 e. The number of nitrogens with zero attached hydrogens (tertiary/aromatic N) is 3. The molecule has 3 aromatic rings. The van der Waals surface area contributed by atoms with E-state index in [1.165, 1.54) is 6.92 Å². The average molecular weight is 306 g/mol. The van der Waals surface area contributed by atoms with E-state index in [-0.39, 0.29) is 17.2 Å². The summed E-state index contributed by atoms with van der Waals surface area (Å²) in [6.45, 7) is 4.88. The van der Waals surface area contributed by atoms with Gasteiger partial charge in [-0.25, -0.2) is 9.97 Å². The standard InChI is InChI=1S/C17H14N4O2/c1-9-16(20-14-7-5-4-6-13(14)19-9)21-17-12(8-18)15(10(2)22)11(3)23-17/h4-7H,1-3H3,(H,20,21). The van der Waals surface area contributed by atoms with E-state index in [1.54, 1.807) is 6.92 Å². The van der Waals surface area contributed by atoms with Crippen LogP contribution in [0.25, 0.3) is 11.0 Å². The monoisotopic (exact) mass is 306 g/mol. The minimum atomic E-state index is -0.211. The molecule has 0 atom stereocenters. The Morgan fingerprint density at radius 3 is 2.48 bits per heavy atom. The number of rotatable bonds is 3. The summed E-state index contributed by atoms with van der Waals surface area (Å²) < 4.78 is 5.55. The molecule has 0 fully saturated rings. The van der Waals surface area contributed by atoms with Gasteiger partial charge in [0, 0.05) is 0 Å². The quantitative estimate of drug-likeness (QED) is 0.742. The molecule has 0 saturated heterocycles. The van der Waals surface area contributed by atoms with Crippen LogP contribution in [0, 0.1) is 25.2 Å². The van der Waals surface area contributed by atoms with E-state index in [9.17, 15) is 10.1 Å². The number of benzene rings is 1. The Labute approximate surface area is 132 Å². The highest BCUT2D eigenvalue weighted by atomic mass is 16.4. The fourth-order valence-corrected chi connectivity index (χ4v) is 2.48. The number of furan rings is 1. The van der Waals surface area contributed by atoms with Crippen LogP contribution in [0.3, 0.4) is 0 Å². The number of ketones is 1. The molecule has 0 radical (unpaired) electrons. The number of nitrogens with one attached hydrogen (secondary N) is 1. The Bertz CT molecular complexity index is 967.